The van der Waals surface area contributed by atoms with Gasteiger partial charge in [0.15, 0.2) is 0 Å². The minimum atomic E-state index is -0.122. The number of nitrogens with one attached hydrogen (secondary N) is 1. The molecule has 2 aromatic heterocycles. The van der Waals surface area contributed by atoms with E-state index in [1.807, 2.05) is 13.8 Å². The van der Waals surface area contributed by atoms with E-state index in [0.717, 1.165) is 36.2 Å². The van der Waals surface area contributed by atoms with Crippen LogP contribution in [0, 0.1) is 20.8 Å². The van der Waals surface area contributed by atoms with Crippen LogP contribution in [-0.2, 0) is 0 Å². The van der Waals surface area contributed by atoms with Crippen LogP contribution in [0.15, 0.2) is 24.3 Å². The van der Waals surface area contributed by atoms with E-state index in [9.17, 15) is 4.79 Å². The summed E-state index contributed by atoms with van der Waals surface area (Å²) in [7, 11) is 0. The minimum Gasteiger partial charge on any atom is -0.397 e. The number of nitrogen functional groups attached to an aromatic ring is 1. The van der Waals surface area contributed by atoms with Crippen LogP contribution in [0.3, 0.4) is 0 Å². The van der Waals surface area contributed by atoms with Crippen LogP contribution in [0.1, 0.15) is 32.9 Å². The van der Waals surface area contributed by atoms with Crippen molar-refractivity contribution in [1.82, 2.24) is 15.5 Å². The minimum absolute atomic E-state index is 0.109. The number of benzene rings is 1. The third-order valence-electron chi connectivity index (χ3n) is 5.26. The number of nitrogens with two attached hydrogens (primary N) is 1. The summed E-state index contributed by atoms with van der Waals surface area (Å²) < 4.78 is 0. The Bertz CT molecular complexity index is 1010. The van der Waals surface area contributed by atoms with Crippen molar-refractivity contribution in [2.75, 3.05) is 23.7 Å². The van der Waals surface area contributed by atoms with E-state index in [1.165, 1.54) is 22.6 Å². The fraction of sp³-hybridized carbons (Fsp3) is 0.350. The van der Waals surface area contributed by atoms with Gasteiger partial charge in [0, 0.05) is 30.2 Å². The van der Waals surface area contributed by atoms with Gasteiger partial charge in [-0.1, -0.05) is 17.7 Å². The molecular formula is C20H23N5OS. The SMILES string of the molecule is Cc1ccc(N2CCC(NC(=O)c3sc4nnc(C)c(C)c4c3N)C2)cc1. The Kier molecular flexibility index (Phi) is 4.47. The second-order valence-electron chi connectivity index (χ2n) is 7.18. The van der Waals surface area contributed by atoms with Crippen molar-refractivity contribution in [3.05, 3.63) is 46.0 Å². The van der Waals surface area contributed by atoms with Crippen LogP contribution in [0.2, 0.25) is 0 Å². The molecule has 0 bridgehead atoms. The zero-order valence-electron chi connectivity index (χ0n) is 15.7. The molecule has 7 heteroatoms. The van der Waals surface area contributed by atoms with Gasteiger partial charge >= 0.3 is 0 Å². The number of hydrogen-bond donors (Lipinski definition) is 2. The Morgan fingerprint density at radius 3 is 2.70 bits per heavy atom. The molecule has 1 aliphatic heterocycles. The number of nitrogens with zero attached hydrogens (tertiary/aromatic N) is 3. The number of carbonyl (C=O) groups excluding carboxylic acids is 1. The first-order chi connectivity index (χ1) is 12.9. The maximum Gasteiger partial charge on any atom is 0.263 e. The normalized spacial score (nSPS) is 16.9. The average Bonchev–Trinajstić information content (AvgIpc) is 3.24. The number of rotatable bonds is 3. The predicted molar refractivity (Wildman–Crippen MR) is 111 cm³/mol. The molecule has 0 saturated carbocycles. The highest BCUT2D eigenvalue weighted by atomic mass is 32.1. The van der Waals surface area contributed by atoms with Crippen LogP contribution in [0.5, 0.6) is 0 Å². The van der Waals surface area contributed by atoms with Crippen LogP contribution < -0.4 is 16.0 Å². The first-order valence-electron chi connectivity index (χ1n) is 9.08. The Hall–Kier alpha value is -2.67. The van der Waals surface area contributed by atoms with Crippen LogP contribution in [0.4, 0.5) is 11.4 Å². The van der Waals surface area contributed by atoms with Crippen molar-refractivity contribution in [3.63, 3.8) is 0 Å². The van der Waals surface area contributed by atoms with Crippen molar-refractivity contribution in [2.24, 2.45) is 0 Å². The smallest absolute Gasteiger partial charge is 0.263 e. The summed E-state index contributed by atoms with van der Waals surface area (Å²) in [5, 5.41) is 12.3. The topological polar surface area (TPSA) is 84.1 Å². The summed E-state index contributed by atoms with van der Waals surface area (Å²) in [6, 6.07) is 8.60. The van der Waals surface area contributed by atoms with Gasteiger partial charge < -0.3 is 16.0 Å². The van der Waals surface area contributed by atoms with Gasteiger partial charge in [-0.05, 0) is 44.9 Å². The number of hydrogen-bond acceptors (Lipinski definition) is 6. The Morgan fingerprint density at radius 2 is 1.96 bits per heavy atom. The summed E-state index contributed by atoms with van der Waals surface area (Å²) >= 11 is 1.31. The number of carbonyl (C=O) groups is 1. The summed E-state index contributed by atoms with van der Waals surface area (Å²) in [5.41, 5.74) is 11.1. The van der Waals surface area contributed by atoms with E-state index in [0.29, 0.717) is 15.4 Å². The summed E-state index contributed by atoms with van der Waals surface area (Å²) in [6.07, 6.45) is 0.919. The molecule has 0 spiro atoms. The van der Waals surface area contributed by atoms with E-state index in [-0.39, 0.29) is 11.9 Å². The van der Waals surface area contributed by atoms with Crippen molar-refractivity contribution in [2.45, 2.75) is 33.2 Å². The van der Waals surface area contributed by atoms with Gasteiger partial charge in [0.25, 0.3) is 5.91 Å². The highest BCUT2D eigenvalue weighted by Crippen LogP contribution is 2.35. The molecule has 6 nitrogen and oxygen atoms in total. The lowest BCUT2D eigenvalue weighted by atomic mass is 10.1. The molecule has 3 aromatic rings. The van der Waals surface area contributed by atoms with Gasteiger partial charge in [0.2, 0.25) is 0 Å². The molecule has 4 rings (SSSR count). The average molecular weight is 382 g/mol. The molecule has 1 amide bonds. The van der Waals surface area contributed by atoms with Gasteiger partial charge in [-0.3, -0.25) is 4.79 Å². The van der Waals surface area contributed by atoms with Crippen molar-refractivity contribution in [1.29, 1.82) is 0 Å². The summed E-state index contributed by atoms with van der Waals surface area (Å²) in [6.45, 7) is 7.68. The van der Waals surface area contributed by atoms with Crippen LogP contribution in [-0.4, -0.2) is 35.2 Å². The summed E-state index contributed by atoms with van der Waals surface area (Å²) in [5.74, 6) is -0.122. The lowest BCUT2D eigenvalue weighted by Crippen LogP contribution is -2.37. The molecule has 0 aliphatic carbocycles. The van der Waals surface area contributed by atoms with Gasteiger partial charge in [0.1, 0.15) is 9.71 Å². The van der Waals surface area contributed by atoms with Crippen LogP contribution in [0.25, 0.3) is 10.2 Å². The molecule has 140 valence electrons. The number of amides is 1. The van der Waals surface area contributed by atoms with E-state index < -0.39 is 0 Å². The second-order valence-corrected chi connectivity index (χ2v) is 8.18. The standard InChI is InChI=1S/C20H23N5OS/c1-11-4-6-15(7-5-11)25-9-8-14(10-25)22-19(26)18-17(21)16-12(2)13(3)23-24-20(16)27-18/h4-7,14H,8-10,21H2,1-3H3,(H,22,26). The van der Waals surface area contributed by atoms with Crippen molar-refractivity contribution < 1.29 is 4.79 Å². The molecule has 1 aromatic carbocycles. The molecule has 3 heterocycles. The number of aryl methyl sites for hydroxylation is 3. The summed E-state index contributed by atoms with van der Waals surface area (Å²) in [4.78, 5) is 16.4. The van der Waals surface area contributed by atoms with Crippen molar-refractivity contribution in [3.8, 4) is 0 Å². The molecule has 0 radical (unpaired) electrons. The lowest BCUT2D eigenvalue weighted by Gasteiger charge is -2.19. The lowest BCUT2D eigenvalue weighted by molar-refractivity contribution is 0.0945. The quantitative estimate of drug-likeness (QED) is 0.728. The third-order valence-corrected chi connectivity index (χ3v) is 6.35. The molecular weight excluding hydrogens is 358 g/mol. The second kappa shape index (κ2) is 6.81. The highest BCUT2D eigenvalue weighted by molar-refractivity contribution is 7.21. The first-order valence-corrected chi connectivity index (χ1v) is 9.90. The molecule has 27 heavy (non-hydrogen) atoms. The van der Waals surface area contributed by atoms with E-state index in [1.54, 1.807) is 0 Å². The molecule has 1 fully saturated rings. The van der Waals surface area contributed by atoms with E-state index in [2.05, 4.69) is 51.6 Å². The maximum atomic E-state index is 12.8. The van der Waals surface area contributed by atoms with E-state index in [4.69, 9.17) is 5.73 Å². The Balaban J connectivity index is 1.50. The van der Waals surface area contributed by atoms with E-state index >= 15 is 0 Å². The first kappa shape index (κ1) is 17.7. The largest absolute Gasteiger partial charge is 0.397 e. The van der Waals surface area contributed by atoms with Crippen LogP contribution >= 0.6 is 11.3 Å². The predicted octanol–water partition coefficient (Wildman–Crippen LogP) is 3.21. The molecule has 1 aliphatic rings. The number of anilines is 2. The molecule has 1 unspecified atom stereocenters. The highest BCUT2D eigenvalue weighted by Gasteiger charge is 2.27. The fourth-order valence-corrected chi connectivity index (χ4v) is 4.53. The molecule has 1 saturated heterocycles. The maximum absolute atomic E-state index is 12.8. The number of aromatic nitrogens is 2. The molecule has 3 N–H and O–H groups in total. The van der Waals surface area contributed by atoms with Gasteiger partial charge in [0.05, 0.1) is 11.4 Å². The van der Waals surface area contributed by atoms with Crippen molar-refractivity contribution >= 4 is 38.8 Å². The van der Waals surface area contributed by atoms with Gasteiger partial charge in [-0.15, -0.1) is 16.4 Å². The Morgan fingerprint density at radius 1 is 1.22 bits per heavy atom. The van der Waals surface area contributed by atoms with Gasteiger partial charge in [-0.25, -0.2) is 0 Å². The zero-order valence-corrected chi connectivity index (χ0v) is 16.6. The third kappa shape index (κ3) is 3.23. The zero-order chi connectivity index (χ0) is 19.1. The van der Waals surface area contributed by atoms with Gasteiger partial charge in [-0.2, -0.15) is 5.10 Å². The Labute approximate surface area is 162 Å². The fourth-order valence-electron chi connectivity index (χ4n) is 3.53. The number of thiophene rings is 1. The molecule has 1 atom stereocenters. The monoisotopic (exact) mass is 381 g/mol. The number of fused-ring (bicyclic) bond motifs is 1.